The molecule has 0 heterocycles. The Hall–Kier alpha value is -0.280. The molecule has 96 valence electrons. The van der Waals surface area contributed by atoms with Crippen molar-refractivity contribution in [1.82, 2.24) is 0 Å². The van der Waals surface area contributed by atoms with Crippen molar-refractivity contribution >= 4 is 32.4 Å². The molecule has 3 nitrogen and oxygen atoms in total. The summed E-state index contributed by atoms with van der Waals surface area (Å²) in [4.78, 5) is -0.411. The van der Waals surface area contributed by atoms with Crippen molar-refractivity contribution in [2.75, 3.05) is 6.61 Å². The van der Waals surface area contributed by atoms with Crippen LogP contribution in [0.15, 0.2) is 35.2 Å². The first-order valence-electron chi connectivity index (χ1n) is 4.73. The second-order valence-electron chi connectivity index (χ2n) is 3.44. The largest absolute Gasteiger partial charge is 0.395 e. The average Bonchev–Trinajstić information content (AvgIpc) is 2.29. The number of hydrogen-bond donors (Lipinski definition) is 1. The van der Waals surface area contributed by atoms with Gasteiger partial charge in [0, 0.05) is 10.3 Å². The minimum atomic E-state index is -4.69. The number of benzene rings is 1. The molecule has 17 heavy (non-hydrogen) atoms. The number of rotatable bonds is 5. The van der Waals surface area contributed by atoms with Crippen LogP contribution in [0.2, 0.25) is 0 Å². The molecule has 0 saturated heterocycles. The minimum absolute atomic E-state index is 0.411. The Labute approximate surface area is 112 Å². The van der Waals surface area contributed by atoms with Gasteiger partial charge < -0.3 is 5.11 Å². The average molecular weight is 376 g/mol. The first kappa shape index (κ1) is 14.8. The summed E-state index contributed by atoms with van der Waals surface area (Å²) < 4.78 is 49.8. The van der Waals surface area contributed by atoms with Gasteiger partial charge in [-0.25, -0.2) is 8.42 Å². The van der Waals surface area contributed by atoms with E-state index in [0.29, 0.717) is 0 Å². The highest BCUT2D eigenvalue weighted by Crippen LogP contribution is 2.34. The Balaban J connectivity index is 3.06. The molecule has 0 aliphatic rings. The Morgan fingerprint density at radius 3 is 2.29 bits per heavy atom. The molecule has 1 N–H and O–H groups in total. The molecular formula is C10H11F2IO3S. The van der Waals surface area contributed by atoms with E-state index in [0.717, 1.165) is 12.1 Å². The van der Waals surface area contributed by atoms with Gasteiger partial charge in [0.25, 0.3) is 0 Å². The maximum Gasteiger partial charge on any atom is 0.351 e. The molecule has 0 bridgehead atoms. The van der Waals surface area contributed by atoms with Gasteiger partial charge in [-0.1, -0.05) is 40.8 Å². The monoisotopic (exact) mass is 376 g/mol. The van der Waals surface area contributed by atoms with Crippen LogP contribution < -0.4 is 0 Å². The van der Waals surface area contributed by atoms with Crippen molar-refractivity contribution in [3.63, 3.8) is 0 Å². The van der Waals surface area contributed by atoms with E-state index in [2.05, 4.69) is 0 Å². The van der Waals surface area contributed by atoms with Crippen molar-refractivity contribution in [1.29, 1.82) is 0 Å². The molecule has 0 aromatic heterocycles. The van der Waals surface area contributed by atoms with Crippen LogP contribution in [-0.4, -0.2) is 29.3 Å². The zero-order valence-corrected chi connectivity index (χ0v) is 11.7. The fraction of sp³-hybridized carbons (Fsp3) is 0.400. The van der Waals surface area contributed by atoms with Gasteiger partial charge in [0.15, 0.2) is 0 Å². The number of alkyl halides is 3. The maximum atomic E-state index is 13.6. The molecule has 0 spiro atoms. The molecule has 0 aliphatic heterocycles. The van der Waals surface area contributed by atoms with E-state index >= 15 is 0 Å². The highest BCUT2D eigenvalue weighted by Gasteiger charge is 2.46. The maximum absolute atomic E-state index is 13.6. The highest BCUT2D eigenvalue weighted by molar-refractivity contribution is 14.1. The van der Waals surface area contributed by atoms with E-state index in [9.17, 15) is 17.2 Å². The van der Waals surface area contributed by atoms with Crippen LogP contribution in [0.25, 0.3) is 0 Å². The lowest BCUT2D eigenvalue weighted by atomic mass is 10.3. The van der Waals surface area contributed by atoms with Crippen LogP contribution in [0, 0.1) is 0 Å². The summed E-state index contributed by atoms with van der Waals surface area (Å²) in [5.74, 6) is 0. The summed E-state index contributed by atoms with van der Waals surface area (Å²) in [5.41, 5.74) is 0. The zero-order chi connectivity index (χ0) is 13.1. The third-order valence-electron chi connectivity index (χ3n) is 2.10. The molecule has 0 saturated carbocycles. The van der Waals surface area contributed by atoms with Crippen LogP contribution in [0.1, 0.15) is 6.42 Å². The first-order valence-corrected chi connectivity index (χ1v) is 7.46. The lowest BCUT2D eigenvalue weighted by Gasteiger charge is -2.19. The second-order valence-corrected chi connectivity index (χ2v) is 7.27. The topological polar surface area (TPSA) is 54.4 Å². The zero-order valence-electron chi connectivity index (χ0n) is 8.68. The van der Waals surface area contributed by atoms with Crippen molar-refractivity contribution in [3.8, 4) is 0 Å². The Morgan fingerprint density at radius 1 is 1.29 bits per heavy atom. The number of sulfone groups is 1. The SMILES string of the molecule is O=S(=O)(c1ccccc1)C(F)(F)CC(I)CO. The molecule has 0 amide bonds. The van der Waals surface area contributed by atoms with E-state index in [1.165, 1.54) is 12.1 Å². The van der Waals surface area contributed by atoms with Crippen LogP contribution in [0.5, 0.6) is 0 Å². The predicted octanol–water partition coefficient (Wildman–Crippen LogP) is 2.24. The van der Waals surface area contributed by atoms with Crippen LogP contribution in [0.4, 0.5) is 8.78 Å². The Kier molecular flexibility index (Phi) is 4.85. The highest BCUT2D eigenvalue weighted by atomic mass is 127. The Morgan fingerprint density at radius 2 is 1.82 bits per heavy atom. The number of halogens is 3. The number of hydrogen-bond acceptors (Lipinski definition) is 3. The van der Waals surface area contributed by atoms with Gasteiger partial charge in [-0.2, -0.15) is 8.78 Å². The van der Waals surface area contributed by atoms with Crippen molar-refractivity contribution in [2.24, 2.45) is 0 Å². The van der Waals surface area contributed by atoms with E-state index in [1.54, 1.807) is 28.7 Å². The number of aliphatic hydroxyl groups is 1. The molecule has 1 atom stereocenters. The van der Waals surface area contributed by atoms with Gasteiger partial charge in [-0.15, -0.1) is 0 Å². The lowest BCUT2D eigenvalue weighted by Crippen LogP contribution is -2.32. The molecule has 1 aromatic rings. The molecule has 0 fully saturated rings. The van der Waals surface area contributed by atoms with E-state index in [-0.39, 0.29) is 0 Å². The van der Waals surface area contributed by atoms with Gasteiger partial charge in [-0.05, 0) is 12.1 Å². The third kappa shape index (κ3) is 3.35. The third-order valence-corrected chi connectivity index (χ3v) is 4.78. The van der Waals surface area contributed by atoms with Gasteiger partial charge in [-0.3, -0.25) is 0 Å². The van der Waals surface area contributed by atoms with E-state index < -0.39 is 36.9 Å². The summed E-state index contributed by atoms with van der Waals surface area (Å²) >= 11 is 1.60. The van der Waals surface area contributed by atoms with Crippen LogP contribution in [0.3, 0.4) is 0 Å². The lowest BCUT2D eigenvalue weighted by molar-refractivity contribution is 0.0771. The summed E-state index contributed by atoms with van der Waals surface area (Å²) in [7, 11) is -4.69. The van der Waals surface area contributed by atoms with Gasteiger partial charge in [0.2, 0.25) is 9.84 Å². The van der Waals surface area contributed by atoms with Crippen molar-refractivity contribution in [2.45, 2.75) is 20.5 Å². The van der Waals surface area contributed by atoms with Gasteiger partial charge >= 0.3 is 5.25 Å². The summed E-state index contributed by atoms with van der Waals surface area (Å²) in [6.45, 7) is -0.486. The summed E-state index contributed by atoms with van der Waals surface area (Å²) in [6.07, 6.45) is -0.902. The second kappa shape index (κ2) is 5.57. The van der Waals surface area contributed by atoms with Crippen molar-refractivity contribution in [3.05, 3.63) is 30.3 Å². The summed E-state index contributed by atoms with van der Waals surface area (Å²) in [5, 5.41) is 4.83. The summed E-state index contributed by atoms with van der Waals surface area (Å²) in [6, 6.07) is 6.58. The van der Waals surface area contributed by atoms with Crippen LogP contribution >= 0.6 is 22.6 Å². The fourth-order valence-corrected chi connectivity index (χ4v) is 3.34. The fourth-order valence-electron chi connectivity index (χ4n) is 1.20. The first-order chi connectivity index (χ1) is 7.81. The van der Waals surface area contributed by atoms with Crippen molar-refractivity contribution < 1.29 is 22.3 Å². The predicted molar refractivity (Wildman–Crippen MR) is 68.1 cm³/mol. The van der Waals surface area contributed by atoms with E-state index in [1.807, 2.05) is 0 Å². The molecule has 0 aliphatic carbocycles. The minimum Gasteiger partial charge on any atom is -0.395 e. The van der Waals surface area contributed by atoms with E-state index in [4.69, 9.17) is 5.11 Å². The smallest absolute Gasteiger partial charge is 0.351 e. The van der Waals surface area contributed by atoms with Gasteiger partial charge in [0.05, 0.1) is 11.5 Å². The molecular weight excluding hydrogens is 365 g/mol. The van der Waals surface area contributed by atoms with Gasteiger partial charge in [0.1, 0.15) is 0 Å². The van der Waals surface area contributed by atoms with Crippen LogP contribution in [-0.2, 0) is 9.84 Å². The number of aliphatic hydroxyl groups excluding tert-OH is 1. The molecule has 7 heteroatoms. The Bertz CT molecular complexity index is 462. The molecule has 1 aromatic carbocycles. The quantitative estimate of drug-likeness (QED) is 0.634. The standard InChI is InChI=1S/C10H11F2IO3S/c11-10(12,6-8(13)7-14)17(15,16)9-4-2-1-3-5-9/h1-5,8,14H,6-7H2. The molecule has 1 unspecified atom stereocenters. The molecule has 0 radical (unpaired) electrons. The normalized spacial score (nSPS) is 14.6. The molecule has 1 rings (SSSR count).